The fraction of sp³-hybridized carbons (Fsp3) is 0.125. The van der Waals surface area contributed by atoms with E-state index >= 15 is 0 Å². The summed E-state index contributed by atoms with van der Waals surface area (Å²) in [4.78, 5) is 10.2. The summed E-state index contributed by atoms with van der Waals surface area (Å²) in [6.45, 7) is 0. The van der Waals surface area contributed by atoms with Crippen LogP contribution >= 0.6 is 0 Å². The van der Waals surface area contributed by atoms with Gasteiger partial charge in [0.25, 0.3) is 6.43 Å². The van der Waals surface area contributed by atoms with Crippen LogP contribution in [-0.2, 0) is 0 Å². The maximum atomic E-state index is 12.1. The molecule has 1 rings (SSSR count). The molecule has 0 spiro atoms. The summed E-state index contributed by atoms with van der Waals surface area (Å²) >= 11 is 0. The summed E-state index contributed by atoms with van der Waals surface area (Å²) < 4.78 is 24.1. The lowest BCUT2D eigenvalue weighted by molar-refractivity contribution is 0.112. The molecule has 0 saturated heterocycles. The summed E-state index contributed by atoms with van der Waals surface area (Å²) in [5.41, 5.74) is -0.386. The number of benzene rings is 1. The molecule has 0 atom stereocenters. The number of hydrogen-bond acceptors (Lipinski definition) is 2. The first-order chi connectivity index (χ1) is 5.65. The maximum Gasteiger partial charge on any atom is 0.267 e. The van der Waals surface area contributed by atoms with Crippen LogP contribution in [0.3, 0.4) is 0 Å². The molecule has 0 aliphatic carbocycles. The van der Waals surface area contributed by atoms with E-state index in [9.17, 15) is 13.6 Å². The second-order valence-corrected chi connectivity index (χ2v) is 2.24. The number of hydrogen-bond donors (Lipinski definition) is 1. The molecule has 2 nitrogen and oxygen atoms in total. The van der Waals surface area contributed by atoms with Gasteiger partial charge < -0.3 is 5.11 Å². The molecular weight excluding hydrogens is 166 g/mol. The molecule has 4 heteroatoms. The number of alkyl halides is 2. The van der Waals surface area contributed by atoms with Gasteiger partial charge in [-0.25, -0.2) is 8.78 Å². The Kier molecular flexibility index (Phi) is 2.38. The molecule has 1 aromatic rings. The van der Waals surface area contributed by atoms with Gasteiger partial charge in [-0.1, -0.05) is 0 Å². The molecule has 0 aliphatic rings. The van der Waals surface area contributed by atoms with Crippen molar-refractivity contribution in [1.29, 1.82) is 0 Å². The molecule has 0 heterocycles. The largest absolute Gasteiger partial charge is 0.507 e. The second kappa shape index (κ2) is 3.30. The predicted molar refractivity (Wildman–Crippen MR) is 38.5 cm³/mol. The number of aldehydes is 1. The van der Waals surface area contributed by atoms with E-state index in [1.807, 2.05) is 0 Å². The Morgan fingerprint density at radius 2 is 2.08 bits per heavy atom. The van der Waals surface area contributed by atoms with E-state index in [1.165, 1.54) is 6.07 Å². The van der Waals surface area contributed by atoms with Gasteiger partial charge in [-0.05, 0) is 18.2 Å². The molecule has 0 aromatic heterocycles. The van der Waals surface area contributed by atoms with Crippen molar-refractivity contribution in [2.75, 3.05) is 0 Å². The van der Waals surface area contributed by atoms with Crippen LogP contribution in [0.1, 0.15) is 22.3 Å². The highest BCUT2D eigenvalue weighted by molar-refractivity contribution is 5.75. The fourth-order valence-corrected chi connectivity index (χ4v) is 0.821. The summed E-state index contributed by atoms with van der Waals surface area (Å²) in [5.74, 6) is -0.490. The smallest absolute Gasteiger partial charge is 0.267 e. The maximum absolute atomic E-state index is 12.1. The van der Waals surface area contributed by atoms with Crippen LogP contribution in [0.4, 0.5) is 8.78 Å². The van der Waals surface area contributed by atoms with Crippen molar-refractivity contribution in [3.63, 3.8) is 0 Å². The van der Waals surface area contributed by atoms with E-state index < -0.39 is 17.7 Å². The van der Waals surface area contributed by atoms with Gasteiger partial charge in [0.05, 0.1) is 5.56 Å². The van der Waals surface area contributed by atoms with E-state index in [0.717, 1.165) is 12.1 Å². The van der Waals surface area contributed by atoms with Crippen molar-refractivity contribution in [3.8, 4) is 5.75 Å². The third kappa shape index (κ3) is 1.58. The van der Waals surface area contributed by atoms with Crippen molar-refractivity contribution in [1.82, 2.24) is 0 Å². The first-order valence-electron chi connectivity index (χ1n) is 3.21. The summed E-state index contributed by atoms with van der Waals surface area (Å²) in [5, 5.41) is 8.90. The van der Waals surface area contributed by atoms with Crippen molar-refractivity contribution < 1.29 is 18.7 Å². The van der Waals surface area contributed by atoms with Crippen molar-refractivity contribution in [2.24, 2.45) is 0 Å². The molecule has 0 unspecified atom stereocenters. The number of aromatic hydroxyl groups is 1. The van der Waals surface area contributed by atoms with Gasteiger partial charge in [0.2, 0.25) is 0 Å². The predicted octanol–water partition coefficient (Wildman–Crippen LogP) is 2.14. The van der Waals surface area contributed by atoms with Crippen LogP contribution in [-0.4, -0.2) is 11.4 Å². The molecule has 0 fully saturated rings. The zero-order valence-corrected chi connectivity index (χ0v) is 6.00. The van der Waals surface area contributed by atoms with Gasteiger partial charge in [-0.15, -0.1) is 0 Å². The lowest BCUT2D eigenvalue weighted by Crippen LogP contribution is -1.88. The van der Waals surface area contributed by atoms with Crippen LogP contribution in [0.15, 0.2) is 18.2 Å². The number of phenolic OH excluding ortho intramolecular Hbond substituents is 1. The van der Waals surface area contributed by atoms with Gasteiger partial charge in [0.1, 0.15) is 12.0 Å². The molecule has 1 aromatic carbocycles. The number of rotatable bonds is 2. The first-order valence-corrected chi connectivity index (χ1v) is 3.21. The zero-order chi connectivity index (χ0) is 9.14. The van der Waals surface area contributed by atoms with Gasteiger partial charge in [0, 0.05) is 5.56 Å². The number of halogens is 2. The molecule has 1 N–H and O–H groups in total. The number of carbonyl (C=O) groups is 1. The molecule has 0 saturated carbocycles. The lowest BCUT2D eigenvalue weighted by Gasteiger charge is -2.02. The Balaban J connectivity index is 3.16. The topological polar surface area (TPSA) is 37.3 Å². The van der Waals surface area contributed by atoms with Crippen LogP contribution < -0.4 is 0 Å². The highest BCUT2D eigenvalue weighted by atomic mass is 19.3. The van der Waals surface area contributed by atoms with Gasteiger partial charge >= 0.3 is 0 Å². The minimum Gasteiger partial charge on any atom is -0.507 e. The van der Waals surface area contributed by atoms with Crippen LogP contribution in [0.2, 0.25) is 0 Å². The fourth-order valence-electron chi connectivity index (χ4n) is 0.821. The SMILES string of the molecule is O=Cc1ccc(O)c(C(F)F)c1. The lowest BCUT2D eigenvalue weighted by atomic mass is 10.1. The monoisotopic (exact) mass is 172 g/mol. The highest BCUT2D eigenvalue weighted by Crippen LogP contribution is 2.28. The molecule has 0 radical (unpaired) electrons. The number of carbonyl (C=O) groups excluding carboxylic acids is 1. The summed E-state index contributed by atoms with van der Waals surface area (Å²) in [6, 6.07) is 3.31. The van der Waals surface area contributed by atoms with Crippen molar-refractivity contribution in [3.05, 3.63) is 29.3 Å². The van der Waals surface area contributed by atoms with Crippen LogP contribution in [0.25, 0.3) is 0 Å². The van der Waals surface area contributed by atoms with Crippen LogP contribution in [0.5, 0.6) is 5.75 Å². The third-order valence-electron chi connectivity index (χ3n) is 1.42. The van der Waals surface area contributed by atoms with Crippen molar-refractivity contribution >= 4 is 6.29 Å². The number of phenols is 1. The second-order valence-electron chi connectivity index (χ2n) is 2.24. The quantitative estimate of drug-likeness (QED) is 0.694. The molecule has 0 amide bonds. The third-order valence-corrected chi connectivity index (χ3v) is 1.42. The van der Waals surface area contributed by atoms with E-state index in [4.69, 9.17) is 5.11 Å². The van der Waals surface area contributed by atoms with E-state index in [-0.39, 0.29) is 5.56 Å². The molecule has 0 aliphatic heterocycles. The Hall–Kier alpha value is -1.45. The summed E-state index contributed by atoms with van der Waals surface area (Å²) in [7, 11) is 0. The minimum atomic E-state index is -2.76. The normalized spacial score (nSPS) is 10.2. The standard InChI is InChI=1S/C8H6F2O2/c9-8(10)6-3-5(4-11)1-2-7(6)12/h1-4,8,12H. The molecule has 64 valence electrons. The van der Waals surface area contributed by atoms with Gasteiger partial charge in [-0.2, -0.15) is 0 Å². The van der Waals surface area contributed by atoms with E-state index in [1.54, 1.807) is 0 Å². The molecular formula is C8H6F2O2. The van der Waals surface area contributed by atoms with Crippen molar-refractivity contribution in [2.45, 2.75) is 6.43 Å². The van der Waals surface area contributed by atoms with Gasteiger partial charge in [0.15, 0.2) is 0 Å². The summed E-state index contributed by atoms with van der Waals surface area (Å²) in [6.07, 6.45) is -2.31. The average molecular weight is 172 g/mol. The Morgan fingerprint density at radius 1 is 1.42 bits per heavy atom. The molecule has 0 bridgehead atoms. The average Bonchev–Trinajstić information content (AvgIpc) is 2.05. The zero-order valence-electron chi connectivity index (χ0n) is 6.00. The first kappa shape index (κ1) is 8.64. The Bertz CT molecular complexity index is 297. The van der Waals surface area contributed by atoms with E-state index in [0.29, 0.717) is 6.29 Å². The Labute approximate surface area is 67.4 Å². The van der Waals surface area contributed by atoms with Crippen LogP contribution in [0, 0.1) is 0 Å². The highest BCUT2D eigenvalue weighted by Gasteiger charge is 2.12. The van der Waals surface area contributed by atoms with E-state index in [2.05, 4.69) is 0 Å². The molecule has 12 heavy (non-hydrogen) atoms. The van der Waals surface area contributed by atoms with Gasteiger partial charge in [-0.3, -0.25) is 4.79 Å². The minimum absolute atomic E-state index is 0.128. The Morgan fingerprint density at radius 3 is 2.58 bits per heavy atom.